The SMILES string of the molecule is COC(CCCc1ccccc1)CC(C)=O. The highest BCUT2D eigenvalue weighted by atomic mass is 16.5. The summed E-state index contributed by atoms with van der Waals surface area (Å²) in [6, 6.07) is 10.4. The Morgan fingerprint density at radius 2 is 2.00 bits per heavy atom. The highest BCUT2D eigenvalue weighted by Crippen LogP contribution is 2.10. The first-order valence-electron chi connectivity index (χ1n) is 5.78. The zero-order valence-electron chi connectivity index (χ0n) is 10.1. The van der Waals surface area contributed by atoms with Crippen LogP contribution in [0.1, 0.15) is 31.7 Å². The van der Waals surface area contributed by atoms with E-state index in [1.54, 1.807) is 14.0 Å². The second kappa shape index (κ2) is 7.18. The van der Waals surface area contributed by atoms with E-state index < -0.39 is 0 Å². The Bertz CT molecular complexity index is 306. The third-order valence-electron chi connectivity index (χ3n) is 2.68. The minimum Gasteiger partial charge on any atom is -0.381 e. The normalized spacial score (nSPS) is 12.4. The van der Waals surface area contributed by atoms with Gasteiger partial charge in [-0.1, -0.05) is 30.3 Å². The third kappa shape index (κ3) is 5.08. The molecule has 0 N–H and O–H groups in total. The number of hydrogen-bond acceptors (Lipinski definition) is 2. The lowest BCUT2D eigenvalue weighted by Gasteiger charge is -2.13. The molecule has 1 unspecified atom stereocenters. The molecule has 0 saturated heterocycles. The molecule has 1 aromatic carbocycles. The monoisotopic (exact) mass is 220 g/mol. The first-order chi connectivity index (χ1) is 7.72. The maximum absolute atomic E-state index is 11.0. The van der Waals surface area contributed by atoms with Crippen LogP contribution < -0.4 is 0 Å². The second-order valence-corrected chi connectivity index (χ2v) is 4.14. The summed E-state index contributed by atoms with van der Waals surface area (Å²) < 4.78 is 5.28. The van der Waals surface area contributed by atoms with Crippen LogP contribution in [0.15, 0.2) is 30.3 Å². The molecular weight excluding hydrogens is 200 g/mol. The largest absolute Gasteiger partial charge is 0.381 e. The van der Waals surface area contributed by atoms with Crippen molar-refractivity contribution in [2.45, 2.75) is 38.7 Å². The molecule has 0 amide bonds. The minimum absolute atomic E-state index is 0.0845. The number of benzene rings is 1. The number of carbonyl (C=O) groups is 1. The Morgan fingerprint density at radius 1 is 1.31 bits per heavy atom. The molecule has 0 heterocycles. The topological polar surface area (TPSA) is 26.3 Å². The number of ether oxygens (including phenoxy) is 1. The molecule has 0 aromatic heterocycles. The van der Waals surface area contributed by atoms with Gasteiger partial charge in [0.15, 0.2) is 0 Å². The molecule has 0 aliphatic carbocycles. The van der Waals surface area contributed by atoms with E-state index in [1.165, 1.54) is 5.56 Å². The molecule has 88 valence electrons. The average Bonchev–Trinajstić information content (AvgIpc) is 2.28. The maximum atomic E-state index is 11.0. The summed E-state index contributed by atoms with van der Waals surface area (Å²) in [5.74, 6) is 0.201. The van der Waals surface area contributed by atoms with Crippen molar-refractivity contribution in [3.05, 3.63) is 35.9 Å². The summed E-state index contributed by atoms with van der Waals surface area (Å²) in [6.07, 6.45) is 3.69. The molecule has 0 saturated carbocycles. The van der Waals surface area contributed by atoms with Gasteiger partial charge in [-0.25, -0.2) is 0 Å². The fourth-order valence-corrected chi connectivity index (χ4v) is 1.80. The standard InChI is InChI=1S/C14H20O2/c1-12(15)11-14(16-2)10-6-9-13-7-4-3-5-8-13/h3-5,7-8,14H,6,9-11H2,1-2H3. The van der Waals surface area contributed by atoms with E-state index in [4.69, 9.17) is 4.74 Å². The lowest BCUT2D eigenvalue weighted by atomic mass is 10.0. The van der Waals surface area contributed by atoms with Crippen LogP contribution in [0.5, 0.6) is 0 Å². The zero-order valence-corrected chi connectivity index (χ0v) is 10.1. The molecule has 1 aromatic rings. The van der Waals surface area contributed by atoms with Gasteiger partial charge in [0.1, 0.15) is 5.78 Å². The number of hydrogen-bond donors (Lipinski definition) is 0. The number of ketones is 1. The third-order valence-corrected chi connectivity index (χ3v) is 2.68. The number of aryl methyl sites for hydroxylation is 1. The van der Waals surface area contributed by atoms with Crippen LogP contribution in [0.2, 0.25) is 0 Å². The van der Waals surface area contributed by atoms with Gasteiger partial charge >= 0.3 is 0 Å². The van der Waals surface area contributed by atoms with Gasteiger partial charge in [0.25, 0.3) is 0 Å². The van der Waals surface area contributed by atoms with E-state index in [1.807, 2.05) is 6.07 Å². The predicted octanol–water partition coefficient (Wildman–Crippen LogP) is 3.00. The Kier molecular flexibility index (Phi) is 5.79. The molecule has 0 spiro atoms. The van der Waals surface area contributed by atoms with Crippen LogP contribution in [0.3, 0.4) is 0 Å². The fraction of sp³-hybridized carbons (Fsp3) is 0.500. The van der Waals surface area contributed by atoms with Crippen molar-refractivity contribution < 1.29 is 9.53 Å². The Labute approximate surface area is 97.6 Å². The van der Waals surface area contributed by atoms with Crippen LogP contribution in [0.4, 0.5) is 0 Å². The van der Waals surface area contributed by atoms with E-state index in [2.05, 4.69) is 24.3 Å². The number of Topliss-reactive ketones (excluding diaryl/α,β-unsaturated/α-hetero) is 1. The molecule has 2 nitrogen and oxygen atoms in total. The van der Waals surface area contributed by atoms with Crippen LogP contribution in [0, 0.1) is 0 Å². The Morgan fingerprint density at radius 3 is 2.56 bits per heavy atom. The smallest absolute Gasteiger partial charge is 0.132 e. The van der Waals surface area contributed by atoms with Crippen LogP contribution in [-0.2, 0) is 16.0 Å². The van der Waals surface area contributed by atoms with E-state index >= 15 is 0 Å². The molecule has 0 radical (unpaired) electrons. The van der Waals surface area contributed by atoms with Gasteiger partial charge in [-0.2, -0.15) is 0 Å². The van der Waals surface area contributed by atoms with Crippen molar-refractivity contribution in [1.82, 2.24) is 0 Å². The minimum atomic E-state index is 0.0845. The highest BCUT2D eigenvalue weighted by molar-refractivity contribution is 5.75. The molecule has 2 heteroatoms. The maximum Gasteiger partial charge on any atom is 0.132 e. The van der Waals surface area contributed by atoms with Crippen LogP contribution in [0.25, 0.3) is 0 Å². The molecule has 0 aliphatic heterocycles. The van der Waals surface area contributed by atoms with Crippen LogP contribution in [-0.4, -0.2) is 19.0 Å². The van der Waals surface area contributed by atoms with E-state index in [9.17, 15) is 4.79 Å². The molecule has 1 atom stereocenters. The van der Waals surface area contributed by atoms with Gasteiger partial charge in [0, 0.05) is 13.5 Å². The van der Waals surface area contributed by atoms with E-state index in [0.29, 0.717) is 6.42 Å². The number of carbonyl (C=O) groups excluding carboxylic acids is 1. The number of methoxy groups -OCH3 is 1. The van der Waals surface area contributed by atoms with Crippen molar-refractivity contribution in [2.24, 2.45) is 0 Å². The molecule has 0 aliphatic rings. The number of rotatable bonds is 7. The second-order valence-electron chi connectivity index (χ2n) is 4.14. The van der Waals surface area contributed by atoms with Crippen molar-refractivity contribution >= 4 is 5.78 Å². The summed E-state index contributed by atoms with van der Waals surface area (Å²) in [5, 5.41) is 0. The molecule has 1 rings (SSSR count). The fourth-order valence-electron chi connectivity index (χ4n) is 1.80. The Hall–Kier alpha value is -1.15. The van der Waals surface area contributed by atoms with Crippen molar-refractivity contribution in [3.8, 4) is 0 Å². The first-order valence-corrected chi connectivity index (χ1v) is 5.78. The summed E-state index contributed by atoms with van der Waals surface area (Å²) in [6.45, 7) is 1.61. The van der Waals surface area contributed by atoms with Gasteiger partial charge in [-0.05, 0) is 31.7 Å². The Balaban J connectivity index is 2.26. The summed E-state index contributed by atoms with van der Waals surface area (Å²) in [5.41, 5.74) is 1.35. The molecule has 0 fully saturated rings. The first kappa shape index (κ1) is 12.9. The lowest BCUT2D eigenvalue weighted by Crippen LogP contribution is -2.14. The molecular formula is C14H20O2. The predicted molar refractivity (Wildman–Crippen MR) is 65.5 cm³/mol. The average molecular weight is 220 g/mol. The van der Waals surface area contributed by atoms with Crippen molar-refractivity contribution in [2.75, 3.05) is 7.11 Å². The van der Waals surface area contributed by atoms with Gasteiger partial charge in [-0.15, -0.1) is 0 Å². The summed E-state index contributed by atoms with van der Waals surface area (Å²) in [4.78, 5) is 11.0. The molecule has 16 heavy (non-hydrogen) atoms. The lowest BCUT2D eigenvalue weighted by molar-refractivity contribution is -0.119. The highest BCUT2D eigenvalue weighted by Gasteiger charge is 2.09. The van der Waals surface area contributed by atoms with Crippen LogP contribution >= 0.6 is 0 Å². The van der Waals surface area contributed by atoms with Crippen molar-refractivity contribution in [3.63, 3.8) is 0 Å². The van der Waals surface area contributed by atoms with E-state index in [0.717, 1.165) is 19.3 Å². The van der Waals surface area contributed by atoms with Gasteiger partial charge in [0.2, 0.25) is 0 Å². The summed E-state index contributed by atoms with van der Waals surface area (Å²) >= 11 is 0. The zero-order chi connectivity index (χ0) is 11.8. The van der Waals surface area contributed by atoms with Gasteiger partial charge < -0.3 is 4.74 Å². The van der Waals surface area contributed by atoms with Gasteiger partial charge in [0.05, 0.1) is 6.10 Å². The quantitative estimate of drug-likeness (QED) is 0.706. The molecule has 0 bridgehead atoms. The van der Waals surface area contributed by atoms with Crippen molar-refractivity contribution in [1.29, 1.82) is 0 Å². The summed E-state index contributed by atoms with van der Waals surface area (Å²) in [7, 11) is 1.68. The van der Waals surface area contributed by atoms with Gasteiger partial charge in [-0.3, -0.25) is 4.79 Å². The van der Waals surface area contributed by atoms with E-state index in [-0.39, 0.29) is 11.9 Å².